The zero-order chi connectivity index (χ0) is 15.8. The number of nitrogens with zero attached hydrogens (tertiary/aromatic N) is 3. The third-order valence-corrected chi connectivity index (χ3v) is 3.58. The van der Waals surface area contributed by atoms with Crippen molar-refractivity contribution in [3.8, 4) is 28.7 Å². The van der Waals surface area contributed by atoms with Crippen LogP contribution in [0.5, 0.6) is 0 Å². The number of benzene rings is 2. The molecule has 2 aromatic carbocycles. The molecule has 0 bridgehead atoms. The molecule has 0 unspecified atom stereocenters. The van der Waals surface area contributed by atoms with Crippen LogP contribution in [0.4, 0.5) is 4.39 Å². The van der Waals surface area contributed by atoms with Gasteiger partial charge in [0.25, 0.3) is 0 Å². The monoisotopic (exact) mass is 304 g/mol. The molecule has 6 heteroatoms. The standard InChI is InChI=1S/C17H9FN4O/c18-13-6-5-11(17-14(9-19)20-22-21-17)7-12(13)16-8-10-3-1-2-4-15(10)23-16/h1-8H,(H,20,21,22). The Hall–Kier alpha value is -3.46. The average Bonchev–Trinajstić information content (AvgIpc) is 3.21. The number of para-hydroxylation sites is 1. The van der Waals surface area contributed by atoms with Gasteiger partial charge in [0.05, 0.1) is 5.56 Å². The lowest BCUT2D eigenvalue weighted by Crippen LogP contribution is -1.87. The quantitative estimate of drug-likeness (QED) is 0.609. The van der Waals surface area contributed by atoms with Crippen LogP contribution in [-0.4, -0.2) is 15.4 Å². The van der Waals surface area contributed by atoms with Gasteiger partial charge >= 0.3 is 0 Å². The maximum atomic E-state index is 14.2. The first kappa shape index (κ1) is 13.2. The van der Waals surface area contributed by atoms with Crippen molar-refractivity contribution in [3.63, 3.8) is 0 Å². The van der Waals surface area contributed by atoms with Crippen LogP contribution in [0.3, 0.4) is 0 Å². The van der Waals surface area contributed by atoms with E-state index < -0.39 is 5.82 Å². The van der Waals surface area contributed by atoms with Gasteiger partial charge in [0.1, 0.15) is 28.9 Å². The zero-order valence-corrected chi connectivity index (χ0v) is 11.7. The lowest BCUT2D eigenvalue weighted by molar-refractivity contribution is 0.602. The number of fused-ring (bicyclic) bond motifs is 1. The summed E-state index contributed by atoms with van der Waals surface area (Å²) in [6.07, 6.45) is 0. The molecule has 0 fully saturated rings. The summed E-state index contributed by atoms with van der Waals surface area (Å²) in [7, 11) is 0. The van der Waals surface area contributed by atoms with Gasteiger partial charge in [-0.05, 0) is 30.3 Å². The second-order valence-corrected chi connectivity index (χ2v) is 4.98. The Morgan fingerprint density at radius 1 is 1.09 bits per heavy atom. The van der Waals surface area contributed by atoms with Crippen LogP contribution in [0, 0.1) is 17.1 Å². The molecule has 0 radical (unpaired) electrons. The minimum atomic E-state index is -0.408. The number of nitrogens with one attached hydrogen (secondary N) is 1. The molecule has 0 saturated carbocycles. The summed E-state index contributed by atoms with van der Waals surface area (Å²) in [6, 6.07) is 15.7. The number of aromatic nitrogens is 3. The fourth-order valence-electron chi connectivity index (χ4n) is 2.49. The van der Waals surface area contributed by atoms with Crippen molar-refractivity contribution < 1.29 is 8.81 Å². The summed E-state index contributed by atoms with van der Waals surface area (Å²) in [5.74, 6) is 0.0161. The SMILES string of the molecule is N#Cc1n[nH]nc1-c1ccc(F)c(-c2cc3ccccc3o2)c1. The van der Waals surface area contributed by atoms with E-state index in [1.54, 1.807) is 18.2 Å². The molecule has 23 heavy (non-hydrogen) atoms. The van der Waals surface area contributed by atoms with Crippen LogP contribution in [0.25, 0.3) is 33.6 Å². The van der Waals surface area contributed by atoms with E-state index in [-0.39, 0.29) is 5.69 Å². The predicted octanol–water partition coefficient (Wildman–Crippen LogP) is 3.90. The van der Waals surface area contributed by atoms with E-state index >= 15 is 0 Å². The number of aromatic amines is 1. The van der Waals surface area contributed by atoms with Crippen LogP contribution in [0.2, 0.25) is 0 Å². The lowest BCUT2D eigenvalue weighted by atomic mass is 10.0. The van der Waals surface area contributed by atoms with Crippen molar-refractivity contribution in [3.05, 3.63) is 60.0 Å². The lowest BCUT2D eigenvalue weighted by Gasteiger charge is -2.03. The summed E-state index contributed by atoms with van der Waals surface area (Å²) < 4.78 is 20.0. The fourth-order valence-corrected chi connectivity index (χ4v) is 2.49. The molecule has 1 N–H and O–H groups in total. The van der Waals surface area contributed by atoms with E-state index in [2.05, 4.69) is 15.4 Å². The number of H-pyrrole nitrogens is 1. The van der Waals surface area contributed by atoms with Gasteiger partial charge < -0.3 is 4.42 Å². The highest BCUT2D eigenvalue weighted by atomic mass is 19.1. The van der Waals surface area contributed by atoms with Gasteiger partial charge in [-0.15, -0.1) is 5.10 Å². The Bertz CT molecular complexity index is 1020. The van der Waals surface area contributed by atoms with E-state index in [1.165, 1.54) is 6.07 Å². The van der Waals surface area contributed by atoms with Crippen molar-refractivity contribution in [1.29, 1.82) is 5.26 Å². The molecule has 0 saturated heterocycles. The van der Waals surface area contributed by atoms with E-state index in [9.17, 15) is 4.39 Å². The van der Waals surface area contributed by atoms with Crippen molar-refractivity contribution >= 4 is 11.0 Å². The molecule has 0 aliphatic carbocycles. The second-order valence-electron chi connectivity index (χ2n) is 4.98. The maximum absolute atomic E-state index is 14.2. The average molecular weight is 304 g/mol. The Kier molecular flexibility index (Phi) is 2.91. The van der Waals surface area contributed by atoms with Gasteiger partial charge in [-0.2, -0.15) is 15.6 Å². The highest BCUT2D eigenvalue weighted by molar-refractivity contribution is 5.83. The van der Waals surface area contributed by atoms with Crippen LogP contribution in [-0.2, 0) is 0 Å². The van der Waals surface area contributed by atoms with Crippen LogP contribution in [0.15, 0.2) is 52.9 Å². The van der Waals surface area contributed by atoms with E-state index in [0.717, 1.165) is 5.39 Å². The summed E-state index contributed by atoms with van der Waals surface area (Å²) in [5, 5.41) is 20.0. The van der Waals surface area contributed by atoms with Crippen molar-refractivity contribution in [2.24, 2.45) is 0 Å². The summed E-state index contributed by atoms with van der Waals surface area (Å²) >= 11 is 0. The predicted molar refractivity (Wildman–Crippen MR) is 81.7 cm³/mol. The molecule has 0 aliphatic heterocycles. The molecule has 0 spiro atoms. The molecule has 0 atom stereocenters. The van der Waals surface area contributed by atoms with Crippen molar-refractivity contribution in [1.82, 2.24) is 15.4 Å². The molecular weight excluding hydrogens is 295 g/mol. The number of hydrogen-bond acceptors (Lipinski definition) is 4. The summed E-state index contributed by atoms with van der Waals surface area (Å²) in [5.41, 5.74) is 2.13. The molecule has 5 nitrogen and oxygen atoms in total. The molecule has 0 aliphatic rings. The van der Waals surface area contributed by atoms with Gasteiger partial charge in [-0.3, -0.25) is 0 Å². The van der Waals surface area contributed by atoms with Crippen molar-refractivity contribution in [2.45, 2.75) is 0 Å². The Labute approximate surface area is 130 Å². The second kappa shape index (κ2) is 5.07. The first-order valence-electron chi connectivity index (χ1n) is 6.86. The number of furan rings is 1. The largest absolute Gasteiger partial charge is 0.456 e. The van der Waals surface area contributed by atoms with Crippen LogP contribution < -0.4 is 0 Å². The minimum Gasteiger partial charge on any atom is -0.456 e. The Morgan fingerprint density at radius 2 is 1.96 bits per heavy atom. The number of rotatable bonds is 2. The first-order valence-corrected chi connectivity index (χ1v) is 6.86. The van der Waals surface area contributed by atoms with E-state index in [4.69, 9.17) is 9.68 Å². The smallest absolute Gasteiger partial charge is 0.190 e. The number of nitriles is 1. The molecule has 2 heterocycles. The molecule has 4 aromatic rings. The zero-order valence-electron chi connectivity index (χ0n) is 11.7. The minimum absolute atomic E-state index is 0.159. The Balaban J connectivity index is 1.89. The third-order valence-electron chi connectivity index (χ3n) is 3.58. The molecule has 4 rings (SSSR count). The molecule has 0 amide bonds. The first-order chi connectivity index (χ1) is 11.3. The van der Waals surface area contributed by atoms with Gasteiger partial charge in [-0.25, -0.2) is 4.39 Å². The molecule has 110 valence electrons. The third kappa shape index (κ3) is 2.15. The number of halogens is 1. The van der Waals surface area contributed by atoms with Gasteiger partial charge in [-0.1, -0.05) is 18.2 Å². The normalized spacial score (nSPS) is 10.8. The highest BCUT2D eigenvalue weighted by Gasteiger charge is 2.15. The molecular formula is C17H9FN4O. The maximum Gasteiger partial charge on any atom is 0.190 e. The van der Waals surface area contributed by atoms with Crippen molar-refractivity contribution in [2.75, 3.05) is 0 Å². The topological polar surface area (TPSA) is 78.5 Å². The van der Waals surface area contributed by atoms with Gasteiger partial charge in [0.2, 0.25) is 0 Å². The molecule has 2 aromatic heterocycles. The van der Waals surface area contributed by atoms with Gasteiger partial charge in [0.15, 0.2) is 5.69 Å². The number of hydrogen-bond donors (Lipinski definition) is 1. The summed E-state index contributed by atoms with van der Waals surface area (Å²) in [4.78, 5) is 0. The fraction of sp³-hybridized carbons (Fsp3) is 0. The Morgan fingerprint density at radius 3 is 2.78 bits per heavy atom. The summed E-state index contributed by atoms with van der Waals surface area (Å²) in [6.45, 7) is 0. The van der Waals surface area contributed by atoms with Crippen LogP contribution >= 0.6 is 0 Å². The van der Waals surface area contributed by atoms with Crippen LogP contribution in [0.1, 0.15) is 5.69 Å². The van der Waals surface area contributed by atoms with E-state index in [0.29, 0.717) is 28.2 Å². The van der Waals surface area contributed by atoms with E-state index in [1.807, 2.05) is 30.3 Å². The highest BCUT2D eigenvalue weighted by Crippen LogP contribution is 2.32. The van der Waals surface area contributed by atoms with Gasteiger partial charge in [0, 0.05) is 10.9 Å².